The van der Waals surface area contributed by atoms with E-state index in [9.17, 15) is 0 Å². The van der Waals surface area contributed by atoms with Crippen LogP contribution in [0.2, 0.25) is 0 Å². The van der Waals surface area contributed by atoms with Crippen molar-refractivity contribution < 1.29 is 0 Å². The van der Waals surface area contributed by atoms with Gasteiger partial charge < -0.3 is 0 Å². The number of likely N-dealkylation sites (N-methyl/N-ethyl adjacent to an activating group) is 1. The summed E-state index contributed by atoms with van der Waals surface area (Å²) in [4.78, 5) is 5.07. The maximum atomic E-state index is 5.60. The van der Waals surface area contributed by atoms with E-state index in [1.54, 1.807) is 0 Å². The molecule has 0 radical (unpaired) electrons. The van der Waals surface area contributed by atoms with Gasteiger partial charge in [0.2, 0.25) is 0 Å². The second-order valence-electron chi connectivity index (χ2n) is 4.05. The Morgan fingerprint density at radius 2 is 2.07 bits per heavy atom. The molecule has 0 aromatic rings. The SMILES string of the molecule is CCN(CC)C1CCN(CC=CCCl)C1. The first-order chi connectivity index (χ1) is 7.31. The summed E-state index contributed by atoms with van der Waals surface area (Å²) < 4.78 is 0. The molecule has 0 spiro atoms. The van der Waals surface area contributed by atoms with Gasteiger partial charge in [0.15, 0.2) is 0 Å². The van der Waals surface area contributed by atoms with Gasteiger partial charge in [0, 0.05) is 31.6 Å². The summed E-state index contributed by atoms with van der Waals surface area (Å²) in [6.45, 7) is 10.4. The van der Waals surface area contributed by atoms with E-state index in [-0.39, 0.29) is 0 Å². The molecule has 1 fully saturated rings. The zero-order valence-electron chi connectivity index (χ0n) is 9.95. The van der Waals surface area contributed by atoms with Gasteiger partial charge in [0.25, 0.3) is 0 Å². The third-order valence-electron chi connectivity index (χ3n) is 3.20. The van der Waals surface area contributed by atoms with Crippen molar-refractivity contribution in [1.82, 2.24) is 9.80 Å². The summed E-state index contributed by atoms with van der Waals surface area (Å²) in [5.41, 5.74) is 0. The fourth-order valence-corrected chi connectivity index (χ4v) is 2.43. The van der Waals surface area contributed by atoms with Crippen molar-refractivity contribution in [2.45, 2.75) is 26.3 Å². The minimum Gasteiger partial charge on any atom is -0.300 e. The van der Waals surface area contributed by atoms with Gasteiger partial charge >= 0.3 is 0 Å². The molecule has 0 aliphatic carbocycles. The number of hydrogen-bond donors (Lipinski definition) is 0. The Morgan fingerprint density at radius 3 is 2.67 bits per heavy atom. The van der Waals surface area contributed by atoms with Crippen LogP contribution in [0.5, 0.6) is 0 Å². The summed E-state index contributed by atoms with van der Waals surface area (Å²) in [7, 11) is 0. The lowest BCUT2D eigenvalue weighted by Crippen LogP contribution is -2.37. The van der Waals surface area contributed by atoms with Gasteiger partial charge in [-0.25, -0.2) is 0 Å². The van der Waals surface area contributed by atoms with E-state index in [2.05, 4.69) is 29.7 Å². The van der Waals surface area contributed by atoms with Crippen molar-refractivity contribution in [3.05, 3.63) is 12.2 Å². The van der Waals surface area contributed by atoms with Crippen molar-refractivity contribution in [3.8, 4) is 0 Å². The zero-order chi connectivity index (χ0) is 11.1. The van der Waals surface area contributed by atoms with Crippen LogP contribution in [0.4, 0.5) is 0 Å². The average molecular weight is 231 g/mol. The monoisotopic (exact) mass is 230 g/mol. The van der Waals surface area contributed by atoms with Crippen molar-refractivity contribution in [3.63, 3.8) is 0 Å². The van der Waals surface area contributed by atoms with E-state index in [0.29, 0.717) is 5.88 Å². The topological polar surface area (TPSA) is 6.48 Å². The van der Waals surface area contributed by atoms with Crippen LogP contribution in [0.1, 0.15) is 20.3 Å². The minimum atomic E-state index is 0.632. The summed E-state index contributed by atoms with van der Waals surface area (Å²) in [5, 5.41) is 0. The first-order valence-electron chi connectivity index (χ1n) is 5.99. The fourth-order valence-electron chi connectivity index (χ4n) is 2.30. The number of hydrogen-bond acceptors (Lipinski definition) is 2. The Bertz CT molecular complexity index is 190. The van der Waals surface area contributed by atoms with Gasteiger partial charge in [-0.2, -0.15) is 0 Å². The van der Waals surface area contributed by atoms with Crippen LogP contribution >= 0.6 is 11.6 Å². The van der Waals surface area contributed by atoms with Crippen LogP contribution in [0.25, 0.3) is 0 Å². The van der Waals surface area contributed by atoms with Gasteiger partial charge in [-0.3, -0.25) is 9.80 Å². The second-order valence-corrected chi connectivity index (χ2v) is 4.36. The molecule has 0 N–H and O–H groups in total. The molecule has 1 aliphatic heterocycles. The highest BCUT2D eigenvalue weighted by molar-refractivity contribution is 6.18. The van der Waals surface area contributed by atoms with Crippen molar-refractivity contribution >= 4 is 11.6 Å². The predicted molar refractivity (Wildman–Crippen MR) is 67.6 cm³/mol. The Kier molecular flexibility index (Phi) is 6.30. The Hall–Kier alpha value is -0.0500. The zero-order valence-corrected chi connectivity index (χ0v) is 10.7. The molecule has 1 rings (SSSR count). The van der Waals surface area contributed by atoms with Crippen LogP contribution in [0.3, 0.4) is 0 Å². The first kappa shape index (κ1) is 13.0. The van der Waals surface area contributed by atoms with Crippen LogP contribution in [0, 0.1) is 0 Å². The lowest BCUT2D eigenvalue weighted by atomic mass is 10.2. The lowest BCUT2D eigenvalue weighted by Gasteiger charge is -2.25. The molecule has 15 heavy (non-hydrogen) atoms. The van der Waals surface area contributed by atoms with E-state index in [1.807, 2.05) is 6.08 Å². The number of nitrogens with zero attached hydrogens (tertiary/aromatic N) is 2. The Labute approximate surface area is 98.9 Å². The molecule has 0 amide bonds. The number of rotatable bonds is 6. The van der Waals surface area contributed by atoms with Gasteiger partial charge in [-0.1, -0.05) is 26.0 Å². The smallest absolute Gasteiger partial charge is 0.0404 e. The van der Waals surface area contributed by atoms with E-state index < -0.39 is 0 Å². The molecule has 1 aliphatic rings. The van der Waals surface area contributed by atoms with Gasteiger partial charge in [-0.05, 0) is 19.5 Å². The number of allylic oxidation sites excluding steroid dienone is 1. The number of alkyl halides is 1. The lowest BCUT2D eigenvalue weighted by molar-refractivity contribution is 0.215. The molecule has 0 aromatic carbocycles. The summed E-state index contributed by atoms with van der Waals surface area (Å²) >= 11 is 5.60. The Morgan fingerprint density at radius 1 is 1.33 bits per heavy atom. The molecule has 0 bridgehead atoms. The summed E-state index contributed by atoms with van der Waals surface area (Å²) in [6.07, 6.45) is 5.53. The van der Waals surface area contributed by atoms with Crippen molar-refractivity contribution in [2.75, 3.05) is 38.6 Å². The van der Waals surface area contributed by atoms with Crippen LogP contribution in [-0.4, -0.2) is 54.4 Å². The van der Waals surface area contributed by atoms with Gasteiger partial charge in [-0.15, -0.1) is 11.6 Å². The van der Waals surface area contributed by atoms with Gasteiger partial charge in [0.1, 0.15) is 0 Å². The molecular weight excluding hydrogens is 208 g/mol. The third kappa shape index (κ3) is 4.13. The molecule has 2 nitrogen and oxygen atoms in total. The van der Waals surface area contributed by atoms with E-state index in [4.69, 9.17) is 11.6 Å². The Balaban J connectivity index is 2.28. The largest absolute Gasteiger partial charge is 0.300 e. The van der Waals surface area contributed by atoms with Crippen LogP contribution < -0.4 is 0 Å². The predicted octanol–water partition coefficient (Wildman–Crippen LogP) is 2.20. The highest BCUT2D eigenvalue weighted by Gasteiger charge is 2.24. The fraction of sp³-hybridized carbons (Fsp3) is 0.833. The van der Waals surface area contributed by atoms with Crippen LogP contribution in [0.15, 0.2) is 12.2 Å². The highest BCUT2D eigenvalue weighted by Crippen LogP contribution is 2.14. The average Bonchev–Trinajstić information content (AvgIpc) is 2.69. The number of likely N-dealkylation sites (tertiary alicyclic amines) is 1. The normalized spacial score (nSPS) is 23.3. The van der Waals surface area contributed by atoms with Crippen molar-refractivity contribution in [2.24, 2.45) is 0 Å². The summed E-state index contributed by atoms with van der Waals surface area (Å²) in [6, 6.07) is 0.768. The first-order valence-corrected chi connectivity index (χ1v) is 6.52. The maximum Gasteiger partial charge on any atom is 0.0404 e. The van der Waals surface area contributed by atoms with E-state index in [0.717, 1.165) is 12.6 Å². The van der Waals surface area contributed by atoms with Gasteiger partial charge in [0.05, 0.1) is 0 Å². The molecule has 1 unspecified atom stereocenters. The third-order valence-corrected chi connectivity index (χ3v) is 3.37. The molecule has 0 saturated carbocycles. The highest BCUT2D eigenvalue weighted by atomic mass is 35.5. The molecule has 3 heteroatoms. The molecular formula is C12H23ClN2. The molecule has 1 atom stereocenters. The maximum absolute atomic E-state index is 5.60. The second kappa shape index (κ2) is 7.26. The molecule has 0 aromatic heterocycles. The molecule has 88 valence electrons. The summed E-state index contributed by atoms with van der Waals surface area (Å²) in [5.74, 6) is 0.632. The van der Waals surface area contributed by atoms with Crippen LogP contribution in [-0.2, 0) is 0 Å². The molecule has 1 heterocycles. The number of halogens is 1. The standard InChI is InChI=1S/C12H23ClN2/c1-3-15(4-2)12-7-10-14(11-12)9-6-5-8-13/h5-6,12H,3-4,7-11H2,1-2H3. The minimum absolute atomic E-state index is 0.632. The molecule has 1 saturated heterocycles. The van der Waals surface area contributed by atoms with E-state index in [1.165, 1.54) is 32.6 Å². The van der Waals surface area contributed by atoms with E-state index >= 15 is 0 Å². The quantitative estimate of drug-likeness (QED) is 0.510. The van der Waals surface area contributed by atoms with Crippen molar-refractivity contribution in [1.29, 1.82) is 0 Å².